The Labute approximate surface area is 426 Å². The molecule has 0 atom stereocenters. The maximum atomic E-state index is 14.9. The molecule has 0 aliphatic carbocycles. The van der Waals surface area contributed by atoms with Crippen LogP contribution in [0, 0.1) is 0 Å². The van der Waals surface area contributed by atoms with Gasteiger partial charge in [-0.15, -0.1) is 0 Å². The molecule has 0 amide bonds. The zero-order chi connectivity index (χ0) is 49.5. The number of anilines is 6. The number of aromatic nitrogens is 2. The summed E-state index contributed by atoms with van der Waals surface area (Å²) in [5.74, 6) is 0. The fraction of sp³-hybridized carbons (Fsp3) is 0.0152. The van der Waals surface area contributed by atoms with Crippen molar-refractivity contribution in [2.75, 3.05) is 9.80 Å². The molecule has 14 rings (SSSR count). The molecule has 74 heavy (non-hydrogen) atoms. The lowest BCUT2D eigenvalue weighted by molar-refractivity contribution is -0.137. The number of para-hydroxylation sites is 5. The molecule has 2 aliphatic rings. The Hall–Kier alpha value is -9.40. The van der Waals surface area contributed by atoms with E-state index < -0.39 is 11.7 Å². The van der Waals surface area contributed by atoms with E-state index in [-0.39, 0.29) is 6.71 Å². The Morgan fingerprint density at radius 2 is 0.851 bits per heavy atom. The van der Waals surface area contributed by atoms with E-state index in [4.69, 9.17) is 4.98 Å². The van der Waals surface area contributed by atoms with Crippen LogP contribution in [0.3, 0.4) is 0 Å². The Kier molecular flexibility index (Phi) is 10.1. The van der Waals surface area contributed by atoms with Crippen LogP contribution in [-0.2, 0) is 6.18 Å². The van der Waals surface area contributed by atoms with E-state index in [1.807, 2.05) is 84.9 Å². The average Bonchev–Trinajstić information content (AvgIpc) is 3.82. The summed E-state index contributed by atoms with van der Waals surface area (Å²) in [6.07, 6.45) is -4.58. The molecule has 4 heterocycles. The summed E-state index contributed by atoms with van der Waals surface area (Å²) in [7, 11) is 0. The second-order valence-electron chi connectivity index (χ2n) is 19.0. The molecule has 2 aliphatic heterocycles. The van der Waals surface area contributed by atoms with Crippen molar-refractivity contribution in [2.24, 2.45) is 0 Å². The third-order valence-corrected chi connectivity index (χ3v) is 14.8. The topological polar surface area (TPSA) is 24.3 Å². The number of halogens is 3. The molecular weight excluding hydrogens is 917 g/mol. The number of hydrogen-bond acceptors (Lipinski definition) is 3. The van der Waals surface area contributed by atoms with Gasteiger partial charge in [-0.3, -0.25) is 0 Å². The minimum absolute atomic E-state index is 0.0206. The molecule has 12 aromatic rings. The third kappa shape index (κ3) is 7.05. The number of hydrogen-bond donors (Lipinski definition) is 0. The van der Waals surface area contributed by atoms with E-state index in [1.54, 1.807) is 6.07 Å². The van der Waals surface area contributed by atoms with Crippen molar-refractivity contribution in [1.29, 1.82) is 0 Å². The van der Waals surface area contributed by atoms with Gasteiger partial charge >= 0.3 is 6.18 Å². The van der Waals surface area contributed by atoms with Gasteiger partial charge in [-0.25, -0.2) is 4.98 Å². The molecule has 350 valence electrons. The van der Waals surface area contributed by atoms with Gasteiger partial charge in [0, 0.05) is 61.6 Å². The highest BCUT2D eigenvalue weighted by molar-refractivity contribution is 7.00. The molecule has 10 aromatic carbocycles. The van der Waals surface area contributed by atoms with Crippen molar-refractivity contribution in [3.63, 3.8) is 0 Å². The maximum absolute atomic E-state index is 14.9. The highest BCUT2D eigenvalue weighted by atomic mass is 19.4. The minimum atomic E-state index is -4.58. The lowest BCUT2D eigenvalue weighted by atomic mass is 9.33. The highest BCUT2D eigenvalue weighted by Gasteiger charge is 2.43. The average molecular weight is 959 g/mol. The van der Waals surface area contributed by atoms with Gasteiger partial charge in [0.05, 0.1) is 33.7 Å². The van der Waals surface area contributed by atoms with Crippen LogP contribution in [0.2, 0.25) is 0 Å². The molecular formula is C66H42BF3N4. The quantitative estimate of drug-likeness (QED) is 0.149. The van der Waals surface area contributed by atoms with Gasteiger partial charge < -0.3 is 14.4 Å². The minimum Gasteiger partial charge on any atom is -0.311 e. The van der Waals surface area contributed by atoms with Gasteiger partial charge in [0.25, 0.3) is 6.71 Å². The first kappa shape index (κ1) is 43.4. The zero-order valence-electron chi connectivity index (χ0n) is 39.7. The van der Waals surface area contributed by atoms with Gasteiger partial charge in [0.15, 0.2) is 0 Å². The fourth-order valence-corrected chi connectivity index (χ4v) is 11.5. The second kappa shape index (κ2) is 17.1. The SMILES string of the molecule is FC(F)(F)c1ccc(-n2c3ccccc3c3cc(-c4cc5c6c(c4)N(c4ccccc4)c4ccccc4B6c4ccccc4N5c4ccccc4)ccc32)c(-c2cc(-c3ccccc3)nc(-c3ccccc3)c2)c1. The van der Waals surface area contributed by atoms with Crippen molar-refractivity contribution >= 4 is 79.0 Å². The number of rotatable bonds is 7. The van der Waals surface area contributed by atoms with E-state index in [9.17, 15) is 13.2 Å². The largest absolute Gasteiger partial charge is 0.416 e. The van der Waals surface area contributed by atoms with Crippen molar-refractivity contribution in [2.45, 2.75) is 6.18 Å². The Morgan fingerprint density at radius 3 is 1.42 bits per heavy atom. The van der Waals surface area contributed by atoms with Crippen molar-refractivity contribution in [3.8, 4) is 50.5 Å². The molecule has 0 fully saturated rings. The summed E-state index contributed by atoms with van der Waals surface area (Å²) in [5, 5.41) is 1.97. The molecule has 0 radical (unpaired) electrons. The smallest absolute Gasteiger partial charge is 0.311 e. The summed E-state index contributed by atoms with van der Waals surface area (Å²) in [6.45, 7) is -0.0206. The van der Waals surface area contributed by atoms with Gasteiger partial charge in [-0.2, -0.15) is 13.2 Å². The van der Waals surface area contributed by atoms with Crippen LogP contribution in [0.4, 0.5) is 47.3 Å². The van der Waals surface area contributed by atoms with Gasteiger partial charge in [0.1, 0.15) is 0 Å². The van der Waals surface area contributed by atoms with E-state index in [0.29, 0.717) is 28.2 Å². The summed E-state index contributed by atoms with van der Waals surface area (Å²) in [4.78, 5) is 9.90. The molecule has 0 spiro atoms. The molecule has 0 unspecified atom stereocenters. The number of alkyl halides is 3. The number of fused-ring (bicyclic) bond motifs is 7. The van der Waals surface area contributed by atoms with E-state index in [0.717, 1.165) is 78.2 Å². The van der Waals surface area contributed by atoms with E-state index >= 15 is 0 Å². The van der Waals surface area contributed by atoms with Gasteiger partial charge in [-0.1, -0.05) is 158 Å². The van der Waals surface area contributed by atoms with Crippen LogP contribution in [0.25, 0.3) is 72.3 Å². The standard InChI is InChI=1S/C66H42BF3N4/c68-66(69,70)48-34-36-59(52(42-48)47-38-56(43-19-5-1-6-20-43)71-57(39-47)44-21-7-2-8-22-44)74-58-30-16-13-27-51(58)53-37-45(33-35-60(53)74)46-40-63-65-64(41-46)73(50-25-11-4-12-26-50)62-32-18-15-29-55(62)67(65)54-28-14-17-31-61(54)72(63)49-23-9-3-10-24-49/h1-42H. The second-order valence-corrected chi connectivity index (χ2v) is 19.0. The van der Waals surface area contributed by atoms with Crippen molar-refractivity contribution in [3.05, 3.63) is 260 Å². The lowest BCUT2D eigenvalue weighted by Gasteiger charge is -2.44. The van der Waals surface area contributed by atoms with Gasteiger partial charge in [0.2, 0.25) is 0 Å². The number of benzene rings is 10. The Bertz CT molecular complexity index is 3970. The zero-order valence-corrected chi connectivity index (χ0v) is 39.7. The summed E-state index contributed by atoms with van der Waals surface area (Å²) in [6, 6.07) is 85.7. The van der Waals surface area contributed by atoms with Crippen LogP contribution in [-0.4, -0.2) is 16.3 Å². The predicted octanol–water partition coefficient (Wildman–Crippen LogP) is 15.9. The summed E-state index contributed by atoms with van der Waals surface area (Å²) < 4.78 is 46.8. The Balaban J connectivity index is 1.01. The normalized spacial score (nSPS) is 12.7. The first-order chi connectivity index (χ1) is 36.4. The molecule has 8 heteroatoms. The number of pyridine rings is 1. The van der Waals surface area contributed by atoms with Crippen LogP contribution in [0.1, 0.15) is 5.56 Å². The van der Waals surface area contributed by atoms with Crippen molar-refractivity contribution in [1.82, 2.24) is 9.55 Å². The maximum Gasteiger partial charge on any atom is 0.416 e. The summed E-state index contributed by atoms with van der Waals surface area (Å²) >= 11 is 0. The molecule has 0 bridgehead atoms. The monoisotopic (exact) mass is 958 g/mol. The first-order valence-corrected chi connectivity index (χ1v) is 24.8. The molecule has 2 aromatic heterocycles. The molecule has 0 N–H and O–H groups in total. The summed E-state index contributed by atoms with van der Waals surface area (Å²) in [5.41, 5.74) is 18.1. The predicted molar refractivity (Wildman–Crippen MR) is 299 cm³/mol. The fourth-order valence-electron chi connectivity index (χ4n) is 11.5. The van der Waals surface area contributed by atoms with Crippen LogP contribution in [0.15, 0.2) is 255 Å². The molecule has 0 saturated heterocycles. The van der Waals surface area contributed by atoms with Crippen LogP contribution < -0.4 is 26.2 Å². The highest BCUT2D eigenvalue weighted by Crippen LogP contribution is 2.47. The van der Waals surface area contributed by atoms with E-state index in [2.05, 4.69) is 166 Å². The first-order valence-electron chi connectivity index (χ1n) is 24.8. The Morgan fingerprint density at radius 1 is 0.351 bits per heavy atom. The van der Waals surface area contributed by atoms with Gasteiger partial charge in [-0.05, 0) is 130 Å². The lowest BCUT2D eigenvalue weighted by Crippen LogP contribution is -2.61. The molecule has 0 saturated carbocycles. The van der Waals surface area contributed by atoms with Crippen LogP contribution >= 0.6 is 0 Å². The van der Waals surface area contributed by atoms with E-state index in [1.165, 1.54) is 28.5 Å². The number of nitrogens with zero attached hydrogens (tertiary/aromatic N) is 4. The third-order valence-electron chi connectivity index (χ3n) is 14.8. The van der Waals surface area contributed by atoms with Crippen molar-refractivity contribution < 1.29 is 13.2 Å². The molecule has 4 nitrogen and oxygen atoms in total. The van der Waals surface area contributed by atoms with Crippen LogP contribution in [0.5, 0.6) is 0 Å².